The van der Waals surface area contributed by atoms with Gasteiger partial charge in [-0.3, -0.25) is 4.79 Å². The largest absolute Gasteiger partial charge is 0.464 e. The molecular formula is C14H14BrNO2. The lowest BCUT2D eigenvalue weighted by molar-refractivity contribution is 0.0774. The van der Waals surface area contributed by atoms with Crippen molar-refractivity contribution in [2.75, 3.05) is 7.05 Å². The molecule has 0 saturated carbocycles. The SMILES string of the molecule is Cc1ccc(CN(C)C(=O)c2ccccc2Br)o1. The smallest absolute Gasteiger partial charge is 0.255 e. The molecule has 0 fully saturated rings. The van der Waals surface area contributed by atoms with Gasteiger partial charge in [-0.05, 0) is 47.1 Å². The van der Waals surface area contributed by atoms with E-state index in [0.717, 1.165) is 16.0 Å². The second kappa shape index (κ2) is 5.40. The van der Waals surface area contributed by atoms with Crippen molar-refractivity contribution in [1.82, 2.24) is 4.90 Å². The Bertz CT molecular complexity index is 562. The maximum absolute atomic E-state index is 12.2. The Morgan fingerprint density at radius 2 is 2.00 bits per heavy atom. The van der Waals surface area contributed by atoms with Gasteiger partial charge in [-0.25, -0.2) is 0 Å². The van der Waals surface area contributed by atoms with Crippen LogP contribution in [0.5, 0.6) is 0 Å². The predicted octanol–water partition coefficient (Wildman–Crippen LogP) is 3.62. The number of aryl methyl sites for hydroxylation is 1. The highest BCUT2D eigenvalue weighted by atomic mass is 79.9. The molecule has 0 unspecified atom stereocenters. The standard InChI is InChI=1S/C14H14BrNO2/c1-10-7-8-11(18-10)9-16(2)14(17)12-5-3-4-6-13(12)15/h3-8H,9H2,1-2H3. The molecule has 94 valence electrons. The molecule has 0 atom stereocenters. The zero-order valence-electron chi connectivity index (χ0n) is 10.3. The van der Waals surface area contributed by atoms with E-state index in [0.29, 0.717) is 12.1 Å². The number of benzene rings is 1. The van der Waals surface area contributed by atoms with E-state index in [2.05, 4.69) is 15.9 Å². The number of furan rings is 1. The molecule has 0 N–H and O–H groups in total. The van der Waals surface area contributed by atoms with Gasteiger partial charge < -0.3 is 9.32 Å². The molecule has 1 aromatic carbocycles. The van der Waals surface area contributed by atoms with Crippen molar-refractivity contribution in [1.29, 1.82) is 0 Å². The number of hydrogen-bond acceptors (Lipinski definition) is 2. The van der Waals surface area contributed by atoms with Crippen LogP contribution in [-0.2, 0) is 6.54 Å². The van der Waals surface area contributed by atoms with Crippen molar-refractivity contribution < 1.29 is 9.21 Å². The molecule has 1 heterocycles. The minimum absolute atomic E-state index is 0.0310. The van der Waals surface area contributed by atoms with E-state index in [1.807, 2.05) is 37.3 Å². The molecule has 18 heavy (non-hydrogen) atoms. The number of nitrogens with zero attached hydrogens (tertiary/aromatic N) is 1. The molecule has 0 bridgehead atoms. The van der Waals surface area contributed by atoms with Crippen LogP contribution < -0.4 is 0 Å². The van der Waals surface area contributed by atoms with Gasteiger partial charge in [0.15, 0.2) is 0 Å². The van der Waals surface area contributed by atoms with Crippen LogP contribution in [0.25, 0.3) is 0 Å². The summed E-state index contributed by atoms with van der Waals surface area (Å²) < 4.78 is 6.27. The summed E-state index contributed by atoms with van der Waals surface area (Å²) in [6.45, 7) is 2.35. The Morgan fingerprint density at radius 1 is 1.28 bits per heavy atom. The van der Waals surface area contributed by atoms with Crippen LogP contribution in [0, 0.1) is 6.92 Å². The molecule has 2 aromatic rings. The number of rotatable bonds is 3. The molecule has 0 spiro atoms. The van der Waals surface area contributed by atoms with Gasteiger partial charge in [0.25, 0.3) is 5.91 Å². The second-order valence-corrected chi connectivity index (χ2v) is 5.01. The molecule has 0 saturated heterocycles. The first-order chi connectivity index (χ1) is 8.58. The van der Waals surface area contributed by atoms with Crippen LogP contribution >= 0.6 is 15.9 Å². The van der Waals surface area contributed by atoms with Crippen molar-refractivity contribution in [3.05, 3.63) is 58.0 Å². The highest BCUT2D eigenvalue weighted by Crippen LogP contribution is 2.18. The Balaban J connectivity index is 2.12. The van der Waals surface area contributed by atoms with Crippen LogP contribution in [0.15, 0.2) is 45.3 Å². The molecule has 0 aliphatic heterocycles. The summed E-state index contributed by atoms with van der Waals surface area (Å²) in [6.07, 6.45) is 0. The van der Waals surface area contributed by atoms with E-state index in [-0.39, 0.29) is 5.91 Å². The maximum atomic E-state index is 12.2. The summed E-state index contributed by atoms with van der Waals surface area (Å²) in [5.41, 5.74) is 0.656. The van der Waals surface area contributed by atoms with Crippen molar-refractivity contribution >= 4 is 21.8 Å². The first-order valence-electron chi connectivity index (χ1n) is 5.63. The second-order valence-electron chi connectivity index (χ2n) is 4.15. The Kier molecular flexibility index (Phi) is 3.87. The van der Waals surface area contributed by atoms with Crippen molar-refractivity contribution in [3.63, 3.8) is 0 Å². The van der Waals surface area contributed by atoms with E-state index < -0.39 is 0 Å². The molecule has 0 aliphatic carbocycles. The van der Waals surface area contributed by atoms with E-state index in [1.165, 1.54) is 0 Å². The average molecular weight is 308 g/mol. The third kappa shape index (κ3) is 2.82. The van der Waals surface area contributed by atoms with Crippen LogP contribution in [0.1, 0.15) is 21.9 Å². The van der Waals surface area contributed by atoms with Crippen LogP contribution in [0.2, 0.25) is 0 Å². The molecule has 4 heteroatoms. The van der Waals surface area contributed by atoms with Gasteiger partial charge in [-0.1, -0.05) is 12.1 Å². The lowest BCUT2D eigenvalue weighted by Gasteiger charge is -2.16. The Morgan fingerprint density at radius 3 is 2.61 bits per heavy atom. The van der Waals surface area contributed by atoms with Crippen LogP contribution in [0.4, 0.5) is 0 Å². The van der Waals surface area contributed by atoms with E-state index >= 15 is 0 Å². The number of halogens is 1. The van der Waals surface area contributed by atoms with E-state index in [9.17, 15) is 4.79 Å². The normalized spacial score (nSPS) is 10.4. The fraction of sp³-hybridized carbons (Fsp3) is 0.214. The summed E-state index contributed by atoms with van der Waals surface area (Å²) in [7, 11) is 1.76. The average Bonchev–Trinajstić information content (AvgIpc) is 2.74. The summed E-state index contributed by atoms with van der Waals surface area (Å²) >= 11 is 3.38. The first kappa shape index (κ1) is 12.9. The quantitative estimate of drug-likeness (QED) is 0.867. The predicted molar refractivity (Wildman–Crippen MR) is 73.4 cm³/mol. The summed E-state index contributed by atoms with van der Waals surface area (Å²) in [4.78, 5) is 13.9. The highest BCUT2D eigenvalue weighted by Gasteiger charge is 2.15. The summed E-state index contributed by atoms with van der Waals surface area (Å²) in [5, 5.41) is 0. The minimum Gasteiger partial charge on any atom is -0.464 e. The van der Waals surface area contributed by atoms with Gasteiger partial charge in [0, 0.05) is 11.5 Å². The number of carbonyl (C=O) groups is 1. The zero-order chi connectivity index (χ0) is 13.1. The molecular weight excluding hydrogens is 294 g/mol. The molecule has 0 radical (unpaired) electrons. The Hall–Kier alpha value is -1.55. The molecule has 0 aliphatic rings. The van der Waals surface area contributed by atoms with E-state index in [1.54, 1.807) is 18.0 Å². The summed E-state index contributed by atoms with van der Waals surface area (Å²) in [5.74, 6) is 1.61. The number of carbonyl (C=O) groups excluding carboxylic acids is 1. The first-order valence-corrected chi connectivity index (χ1v) is 6.42. The van der Waals surface area contributed by atoms with Crippen molar-refractivity contribution in [2.45, 2.75) is 13.5 Å². The molecule has 1 aromatic heterocycles. The van der Waals surface area contributed by atoms with Gasteiger partial charge in [-0.15, -0.1) is 0 Å². The fourth-order valence-corrected chi connectivity index (χ4v) is 2.17. The lowest BCUT2D eigenvalue weighted by Crippen LogP contribution is -2.26. The molecule has 2 rings (SSSR count). The summed E-state index contributed by atoms with van der Waals surface area (Å²) in [6, 6.07) is 11.2. The monoisotopic (exact) mass is 307 g/mol. The third-order valence-corrected chi connectivity index (χ3v) is 3.33. The fourth-order valence-electron chi connectivity index (χ4n) is 1.72. The lowest BCUT2D eigenvalue weighted by atomic mass is 10.2. The zero-order valence-corrected chi connectivity index (χ0v) is 11.9. The number of hydrogen-bond donors (Lipinski definition) is 0. The van der Waals surface area contributed by atoms with Gasteiger partial charge >= 0.3 is 0 Å². The van der Waals surface area contributed by atoms with Gasteiger partial charge in [0.2, 0.25) is 0 Å². The van der Waals surface area contributed by atoms with Crippen LogP contribution in [0.3, 0.4) is 0 Å². The topological polar surface area (TPSA) is 33.5 Å². The molecule has 1 amide bonds. The van der Waals surface area contributed by atoms with Crippen LogP contribution in [-0.4, -0.2) is 17.9 Å². The maximum Gasteiger partial charge on any atom is 0.255 e. The Labute approximate surface area is 115 Å². The van der Waals surface area contributed by atoms with Gasteiger partial charge in [0.05, 0.1) is 12.1 Å². The number of amides is 1. The third-order valence-electron chi connectivity index (χ3n) is 2.64. The minimum atomic E-state index is -0.0310. The van der Waals surface area contributed by atoms with Gasteiger partial charge in [0.1, 0.15) is 11.5 Å². The van der Waals surface area contributed by atoms with Crippen molar-refractivity contribution in [2.24, 2.45) is 0 Å². The van der Waals surface area contributed by atoms with E-state index in [4.69, 9.17) is 4.42 Å². The van der Waals surface area contributed by atoms with Gasteiger partial charge in [-0.2, -0.15) is 0 Å². The van der Waals surface area contributed by atoms with Crippen molar-refractivity contribution in [3.8, 4) is 0 Å². The highest BCUT2D eigenvalue weighted by molar-refractivity contribution is 9.10. The molecule has 3 nitrogen and oxygen atoms in total.